The van der Waals surface area contributed by atoms with E-state index in [9.17, 15) is 14.4 Å². The van der Waals surface area contributed by atoms with Crippen molar-refractivity contribution in [1.29, 1.82) is 0 Å². The second kappa shape index (κ2) is 10.2. The maximum absolute atomic E-state index is 12.4. The Hall–Kier alpha value is -3.56. The molecule has 170 valence electrons. The Labute approximate surface area is 186 Å². The molecule has 1 N–H and O–H groups in total. The molecule has 1 aliphatic carbocycles. The summed E-state index contributed by atoms with van der Waals surface area (Å²) >= 11 is 0. The molecule has 2 aromatic heterocycles. The van der Waals surface area contributed by atoms with Crippen LogP contribution in [0.5, 0.6) is 0 Å². The molecule has 0 bridgehead atoms. The lowest BCUT2D eigenvalue weighted by molar-refractivity contribution is -0.125. The number of hydrazone groups is 1. The molecule has 2 heterocycles. The van der Waals surface area contributed by atoms with E-state index in [2.05, 4.69) is 20.4 Å². The molecular formula is C22H27N5O5. The Morgan fingerprint density at radius 1 is 1.34 bits per heavy atom. The van der Waals surface area contributed by atoms with E-state index < -0.39 is 11.9 Å². The van der Waals surface area contributed by atoms with Gasteiger partial charge in [0.05, 0.1) is 12.2 Å². The quantitative estimate of drug-likeness (QED) is 0.260. The first-order valence-corrected chi connectivity index (χ1v) is 10.5. The standard InChI is InChI=1S/C22H27N5O5/c1-5-31-21(30)16-9-23-22(24-10-16)25-18(29)11-27(12-28)26-19(13(2)3)20-14(4)8-17(32-20)15-6-7-15/h8-10,12-13,15H,5-7,11H2,1-4H3,(H,23,24,25,29)/b26-19-. The van der Waals surface area contributed by atoms with Gasteiger partial charge >= 0.3 is 5.97 Å². The fourth-order valence-electron chi connectivity index (χ4n) is 3.01. The number of carbonyl (C=O) groups is 3. The van der Waals surface area contributed by atoms with Gasteiger partial charge in [-0.1, -0.05) is 13.8 Å². The fourth-order valence-corrected chi connectivity index (χ4v) is 3.01. The van der Waals surface area contributed by atoms with Gasteiger partial charge in [0.2, 0.25) is 18.3 Å². The van der Waals surface area contributed by atoms with Crippen molar-refractivity contribution in [3.05, 3.63) is 41.1 Å². The Balaban J connectivity index is 1.69. The van der Waals surface area contributed by atoms with Crippen molar-refractivity contribution in [2.24, 2.45) is 11.0 Å². The molecule has 1 aliphatic rings. The van der Waals surface area contributed by atoms with Gasteiger partial charge in [-0.15, -0.1) is 0 Å². The average molecular weight is 441 g/mol. The van der Waals surface area contributed by atoms with E-state index in [1.807, 2.05) is 26.8 Å². The number of carbonyl (C=O) groups excluding carboxylic acids is 3. The summed E-state index contributed by atoms with van der Waals surface area (Å²) in [5.74, 6) is 0.901. The summed E-state index contributed by atoms with van der Waals surface area (Å²) in [6, 6.07) is 2.01. The molecule has 1 fully saturated rings. The van der Waals surface area contributed by atoms with Crippen LogP contribution in [0.2, 0.25) is 0 Å². The van der Waals surface area contributed by atoms with Crippen LogP contribution in [0.3, 0.4) is 0 Å². The van der Waals surface area contributed by atoms with Crippen molar-refractivity contribution < 1.29 is 23.5 Å². The third-order valence-corrected chi connectivity index (χ3v) is 4.77. The van der Waals surface area contributed by atoms with E-state index in [0.29, 0.717) is 23.8 Å². The largest absolute Gasteiger partial charge is 0.462 e. The predicted octanol–water partition coefficient (Wildman–Crippen LogP) is 2.89. The zero-order valence-electron chi connectivity index (χ0n) is 18.6. The highest BCUT2D eigenvalue weighted by molar-refractivity contribution is 6.01. The molecule has 10 heteroatoms. The number of amides is 2. The van der Waals surface area contributed by atoms with Gasteiger partial charge in [0.15, 0.2) is 5.76 Å². The van der Waals surface area contributed by atoms with E-state index in [0.717, 1.165) is 29.2 Å². The highest BCUT2D eigenvalue weighted by Gasteiger charge is 2.29. The molecular weight excluding hydrogens is 414 g/mol. The number of rotatable bonds is 10. The molecule has 0 saturated heterocycles. The van der Waals surface area contributed by atoms with Gasteiger partial charge in [-0.3, -0.25) is 14.9 Å². The first kappa shape index (κ1) is 23.1. The molecule has 0 aliphatic heterocycles. The normalized spacial score (nSPS) is 13.7. The van der Waals surface area contributed by atoms with Crippen molar-refractivity contribution in [2.75, 3.05) is 18.5 Å². The van der Waals surface area contributed by atoms with E-state index in [1.54, 1.807) is 6.92 Å². The summed E-state index contributed by atoms with van der Waals surface area (Å²) in [5, 5.41) is 7.87. The second-order valence-corrected chi connectivity index (χ2v) is 7.84. The minimum Gasteiger partial charge on any atom is -0.462 e. The molecule has 3 rings (SSSR count). The van der Waals surface area contributed by atoms with Crippen LogP contribution in [-0.4, -0.2) is 52.1 Å². The molecule has 0 aromatic carbocycles. The van der Waals surface area contributed by atoms with Gasteiger partial charge in [0.25, 0.3) is 0 Å². The zero-order chi connectivity index (χ0) is 23.3. The van der Waals surface area contributed by atoms with Crippen LogP contribution in [-0.2, 0) is 14.3 Å². The molecule has 0 unspecified atom stereocenters. The van der Waals surface area contributed by atoms with Gasteiger partial charge < -0.3 is 9.15 Å². The van der Waals surface area contributed by atoms with Crippen molar-refractivity contribution >= 4 is 29.9 Å². The third-order valence-electron chi connectivity index (χ3n) is 4.77. The summed E-state index contributed by atoms with van der Waals surface area (Å²) in [4.78, 5) is 43.5. The molecule has 0 radical (unpaired) electrons. The van der Waals surface area contributed by atoms with Gasteiger partial charge in [-0.2, -0.15) is 5.10 Å². The molecule has 1 saturated carbocycles. The SMILES string of the molecule is CCOC(=O)c1cnc(NC(=O)CN(C=O)/N=C(\c2oc(C3CC3)cc2C)C(C)C)nc1. The number of aryl methyl sites for hydroxylation is 1. The smallest absolute Gasteiger partial charge is 0.341 e. The number of nitrogens with zero attached hydrogens (tertiary/aromatic N) is 4. The number of anilines is 1. The Morgan fingerprint density at radius 3 is 2.59 bits per heavy atom. The highest BCUT2D eigenvalue weighted by Crippen LogP contribution is 2.41. The lowest BCUT2D eigenvalue weighted by Crippen LogP contribution is -2.31. The predicted molar refractivity (Wildman–Crippen MR) is 116 cm³/mol. The molecule has 2 amide bonds. The topological polar surface area (TPSA) is 127 Å². The van der Waals surface area contributed by atoms with E-state index in [4.69, 9.17) is 9.15 Å². The zero-order valence-corrected chi connectivity index (χ0v) is 18.6. The monoisotopic (exact) mass is 441 g/mol. The first-order chi connectivity index (χ1) is 15.3. The minimum absolute atomic E-state index is 0.00193. The fraction of sp³-hybridized carbons (Fsp3) is 0.455. The molecule has 32 heavy (non-hydrogen) atoms. The van der Waals surface area contributed by atoms with E-state index in [-0.39, 0.29) is 30.6 Å². The van der Waals surface area contributed by atoms with Crippen LogP contribution < -0.4 is 5.32 Å². The maximum Gasteiger partial charge on any atom is 0.341 e. The highest BCUT2D eigenvalue weighted by atomic mass is 16.5. The summed E-state index contributed by atoms with van der Waals surface area (Å²) in [6.07, 6.45) is 5.22. The van der Waals surface area contributed by atoms with Crippen molar-refractivity contribution in [2.45, 2.75) is 46.5 Å². The molecule has 0 spiro atoms. The summed E-state index contributed by atoms with van der Waals surface area (Å²) in [6.45, 7) is 7.42. The van der Waals surface area contributed by atoms with Crippen molar-refractivity contribution in [1.82, 2.24) is 15.0 Å². The molecule has 10 nitrogen and oxygen atoms in total. The Bertz CT molecular complexity index is 1010. The number of hydrogen-bond donors (Lipinski definition) is 1. The number of esters is 1. The number of ether oxygens (including phenoxy) is 1. The van der Waals surface area contributed by atoms with Crippen LogP contribution in [0.25, 0.3) is 0 Å². The summed E-state index contributed by atoms with van der Waals surface area (Å²) in [7, 11) is 0. The average Bonchev–Trinajstić information content (AvgIpc) is 3.54. The van der Waals surface area contributed by atoms with E-state index in [1.165, 1.54) is 12.4 Å². The van der Waals surface area contributed by atoms with Crippen LogP contribution in [0, 0.1) is 12.8 Å². The Kier molecular flexibility index (Phi) is 7.34. The van der Waals surface area contributed by atoms with E-state index >= 15 is 0 Å². The van der Waals surface area contributed by atoms with Crippen LogP contribution in [0.1, 0.15) is 67.0 Å². The second-order valence-electron chi connectivity index (χ2n) is 7.84. The number of furan rings is 1. The molecule has 2 aromatic rings. The van der Waals surface area contributed by atoms with Crippen LogP contribution >= 0.6 is 0 Å². The number of hydrogen-bond acceptors (Lipinski definition) is 8. The van der Waals surface area contributed by atoms with Crippen molar-refractivity contribution in [3.63, 3.8) is 0 Å². The summed E-state index contributed by atoms with van der Waals surface area (Å²) in [5.41, 5.74) is 1.71. The van der Waals surface area contributed by atoms with Gasteiger partial charge in [-0.25, -0.2) is 19.8 Å². The number of aromatic nitrogens is 2. The Morgan fingerprint density at radius 2 is 2.03 bits per heavy atom. The third kappa shape index (κ3) is 5.77. The first-order valence-electron chi connectivity index (χ1n) is 10.5. The summed E-state index contributed by atoms with van der Waals surface area (Å²) < 4.78 is 10.9. The van der Waals surface area contributed by atoms with Gasteiger partial charge in [-0.05, 0) is 38.3 Å². The van der Waals surface area contributed by atoms with Gasteiger partial charge in [0.1, 0.15) is 18.0 Å². The van der Waals surface area contributed by atoms with Crippen LogP contribution in [0.15, 0.2) is 28.0 Å². The van der Waals surface area contributed by atoms with Gasteiger partial charge in [0, 0.05) is 24.2 Å². The van der Waals surface area contributed by atoms with Crippen molar-refractivity contribution in [3.8, 4) is 0 Å². The lowest BCUT2D eigenvalue weighted by Gasteiger charge is -2.15. The minimum atomic E-state index is -0.550. The lowest BCUT2D eigenvalue weighted by atomic mass is 10.0. The maximum atomic E-state index is 12.4. The van der Waals surface area contributed by atoms with Crippen LogP contribution in [0.4, 0.5) is 5.95 Å². The molecule has 0 atom stereocenters. The number of nitrogens with one attached hydrogen (secondary N) is 1.